The van der Waals surface area contributed by atoms with E-state index in [4.69, 9.17) is 4.74 Å². The highest BCUT2D eigenvalue weighted by molar-refractivity contribution is 7.07. The van der Waals surface area contributed by atoms with Crippen molar-refractivity contribution in [1.29, 1.82) is 0 Å². The Morgan fingerprint density at radius 3 is 3.07 bits per heavy atom. The first-order chi connectivity index (χ1) is 6.84. The van der Waals surface area contributed by atoms with Crippen molar-refractivity contribution >= 4 is 11.3 Å². The molecule has 0 bridgehead atoms. The zero-order chi connectivity index (χ0) is 9.80. The summed E-state index contributed by atoms with van der Waals surface area (Å²) in [5.41, 5.74) is 4.01. The van der Waals surface area contributed by atoms with E-state index in [1.165, 1.54) is 5.56 Å². The lowest BCUT2D eigenvalue weighted by Gasteiger charge is -2.04. The summed E-state index contributed by atoms with van der Waals surface area (Å²) >= 11 is 1.59. The van der Waals surface area contributed by atoms with Crippen LogP contribution in [0.5, 0.6) is 5.75 Å². The number of hydrogen-bond acceptors (Lipinski definition) is 3. The highest BCUT2D eigenvalue weighted by atomic mass is 32.1. The molecule has 1 aromatic heterocycles. The molecular weight excluding hydrogens is 194 g/mol. The molecule has 0 amide bonds. The average Bonchev–Trinajstić information content (AvgIpc) is 2.67. The van der Waals surface area contributed by atoms with Gasteiger partial charge in [-0.25, -0.2) is 4.98 Å². The molecule has 0 aliphatic rings. The molecule has 2 nitrogen and oxygen atoms in total. The van der Waals surface area contributed by atoms with Crippen molar-refractivity contribution in [2.75, 3.05) is 0 Å². The van der Waals surface area contributed by atoms with Crippen molar-refractivity contribution in [3.8, 4) is 5.75 Å². The van der Waals surface area contributed by atoms with E-state index in [0.29, 0.717) is 6.61 Å². The molecule has 0 spiro atoms. The summed E-state index contributed by atoms with van der Waals surface area (Å²) < 4.78 is 5.58. The first-order valence-corrected chi connectivity index (χ1v) is 5.35. The van der Waals surface area contributed by atoms with Gasteiger partial charge in [0, 0.05) is 5.38 Å². The monoisotopic (exact) mass is 205 g/mol. The summed E-state index contributed by atoms with van der Waals surface area (Å²) in [4.78, 5) is 4.15. The highest BCUT2D eigenvalue weighted by Gasteiger charge is 1.97. The maximum atomic E-state index is 5.58. The van der Waals surface area contributed by atoms with E-state index in [9.17, 15) is 0 Å². The molecule has 0 fully saturated rings. The number of ether oxygens (including phenoxy) is 1. The molecule has 1 aromatic carbocycles. The molecule has 0 saturated heterocycles. The lowest BCUT2D eigenvalue weighted by molar-refractivity contribution is 0.302. The molecule has 0 aliphatic carbocycles. The predicted molar refractivity (Wildman–Crippen MR) is 57.6 cm³/mol. The second-order valence-electron chi connectivity index (χ2n) is 3.08. The van der Waals surface area contributed by atoms with E-state index in [1.54, 1.807) is 11.3 Å². The van der Waals surface area contributed by atoms with Crippen LogP contribution in [0.2, 0.25) is 0 Å². The van der Waals surface area contributed by atoms with Gasteiger partial charge in [-0.15, -0.1) is 11.3 Å². The van der Waals surface area contributed by atoms with Crippen molar-refractivity contribution in [1.82, 2.24) is 4.98 Å². The van der Waals surface area contributed by atoms with Gasteiger partial charge < -0.3 is 4.74 Å². The Hall–Kier alpha value is -1.35. The van der Waals surface area contributed by atoms with Gasteiger partial charge in [0.2, 0.25) is 0 Å². The summed E-state index contributed by atoms with van der Waals surface area (Å²) in [6.45, 7) is 2.60. The normalized spacial score (nSPS) is 10.1. The molecule has 72 valence electrons. The molecule has 0 unspecified atom stereocenters. The Kier molecular flexibility index (Phi) is 2.79. The average molecular weight is 205 g/mol. The molecule has 0 saturated carbocycles. The molecule has 3 heteroatoms. The maximum Gasteiger partial charge on any atom is 0.131 e. The van der Waals surface area contributed by atoms with Gasteiger partial charge in [0.15, 0.2) is 0 Å². The molecule has 0 atom stereocenters. The lowest BCUT2D eigenvalue weighted by Crippen LogP contribution is -1.95. The lowest BCUT2D eigenvalue weighted by atomic mass is 10.2. The van der Waals surface area contributed by atoms with Crippen LogP contribution in [0.1, 0.15) is 11.3 Å². The van der Waals surface area contributed by atoms with E-state index in [0.717, 1.165) is 11.4 Å². The third-order valence-corrected chi connectivity index (χ3v) is 2.50. The van der Waals surface area contributed by atoms with Gasteiger partial charge in [-0.3, -0.25) is 0 Å². The van der Waals surface area contributed by atoms with Crippen LogP contribution in [0.4, 0.5) is 0 Å². The molecular formula is C11H11NOS. The van der Waals surface area contributed by atoms with Gasteiger partial charge in [0.1, 0.15) is 12.4 Å². The molecule has 14 heavy (non-hydrogen) atoms. The van der Waals surface area contributed by atoms with Crippen molar-refractivity contribution in [2.24, 2.45) is 0 Å². The van der Waals surface area contributed by atoms with Crippen LogP contribution in [0.3, 0.4) is 0 Å². The number of aromatic nitrogens is 1. The van der Waals surface area contributed by atoms with Crippen LogP contribution in [0.25, 0.3) is 0 Å². The highest BCUT2D eigenvalue weighted by Crippen LogP contribution is 2.14. The minimum absolute atomic E-state index is 0.549. The molecule has 0 N–H and O–H groups in total. The standard InChI is InChI=1S/C11H11NOS/c1-9-3-2-4-11(5-9)13-6-10-7-14-8-12-10/h2-5,7-8H,6H2,1H3. The van der Waals surface area contributed by atoms with Crippen LogP contribution in [-0.4, -0.2) is 4.98 Å². The zero-order valence-electron chi connectivity index (χ0n) is 7.93. The fourth-order valence-corrected chi connectivity index (χ4v) is 1.71. The van der Waals surface area contributed by atoms with Gasteiger partial charge in [0.25, 0.3) is 0 Å². The quantitative estimate of drug-likeness (QED) is 0.768. The second-order valence-corrected chi connectivity index (χ2v) is 3.80. The summed E-state index contributed by atoms with van der Waals surface area (Å²) in [5.74, 6) is 0.901. The van der Waals surface area contributed by atoms with Crippen molar-refractivity contribution in [2.45, 2.75) is 13.5 Å². The van der Waals surface area contributed by atoms with E-state index >= 15 is 0 Å². The molecule has 2 rings (SSSR count). The number of aryl methyl sites for hydroxylation is 1. The minimum Gasteiger partial charge on any atom is -0.487 e. The van der Waals surface area contributed by atoms with E-state index < -0.39 is 0 Å². The van der Waals surface area contributed by atoms with Crippen molar-refractivity contribution in [3.05, 3.63) is 46.4 Å². The largest absolute Gasteiger partial charge is 0.487 e. The van der Waals surface area contributed by atoms with Gasteiger partial charge >= 0.3 is 0 Å². The number of hydrogen-bond donors (Lipinski definition) is 0. The van der Waals surface area contributed by atoms with Gasteiger partial charge in [-0.2, -0.15) is 0 Å². The topological polar surface area (TPSA) is 22.1 Å². The fourth-order valence-electron chi connectivity index (χ4n) is 1.17. The Labute approximate surface area is 87.2 Å². The van der Waals surface area contributed by atoms with Crippen LogP contribution in [0, 0.1) is 6.92 Å². The minimum atomic E-state index is 0.549. The zero-order valence-corrected chi connectivity index (χ0v) is 8.75. The summed E-state index contributed by atoms with van der Waals surface area (Å²) in [7, 11) is 0. The van der Waals surface area contributed by atoms with E-state index in [2.05, 4.69) is 18.0 Å². The Morgan fingerprint density at radius 1 is 1.43 bits per heavy atom. The van der Waals surface area contributed by atoms with Crippen molar-refractivity contribution in [3.63, 3.8) is 0 Å². The fraction of sp³-hybridized carbons (Fsp3) is 0.182. The van der Waals surface area contributed by atoms with Gasteiger partial charge in [0.05, 0.1) is 11.2 Å². The van der Waals surface area contributed by atoms with Crippen LogP contribution in [0.15, 0.2) is 35.2 Å². The second kappa shape index (κ2) is 4.24. The van der Waals surface area contributed by atoms with Crippen LogP contribution >= 0.6 is 11.3 Å². The Bertz CT molecular complexity index is 397. The number of thiazole rings is 1. The number of rotatable bonds is 3. The SMILES string of the molecule is Cc1cccc(OCc2cscn2)c1. The van der Waals surface area contributed by atoms with E-state index in [-0.39, 0.29) is 0 Å². The summed E-state index contributed by atoms with van der Waals surface area (Å²) in [6, 6.07) is 8.02. The Balaban J connectivity index is 1.98. The summed E-state index contributed by atoms with van der Waals surface area (Å²) in [6.07, 6.45) is 0. The molecule has 2 aromatic rings. The van der Waals surface area contributed by atoms with E-state index in [1.807, 2.05) is 29.1 Å². The predicted octanol–water partition coefficient (Wildman–Crippen LogP) is 3.03. The molecule has 1 heterocycles. The van der Waals surface area contributed by atoms with Gasteiger partial charge in [-0.1, -0.05) is 12.1 Å². The first-order valence-electron chi connectivity index (χ1n) is 4.41. The van der Waals surface area contributed by atoms with Gasteiger partial charge in [-0.05, 0) is 24.6 Å². The Morgan fingerprint density at radius 2 is 2.36 bits per heavy atom. The molecule has 0 radical (unpaired) electrons. The summed E-state index contributed by atoms with van der Waals surface area (Å²) in [5, 5.41) is 2.00. The maximum absolute atomic E-state index is 5.58. The number of nitrogens with zero attached hydrogens (tertiary/aromatic N) is 1. The molecule has 0 aliphatic heterocycles. The first kappa shape index (κ1) is 9.21. The van der Waals surface area contributed by atoms with Crippen LogP contribution in [-0.2, 0) is 6.61 Å². The third kappa shape index (κ3) is 2.33. The smallest absolute Gasteiger partial charge is 0.131 e. The number of benzene rings is 1. The van der Waals surface area contributed by atoms with Crippen LogP contribution < -0.4 is 4.74 Å². The third-order valence-electron chi connectivity index (χ3n) is 1.86. The van der Waals surface area contributed by atoms with Crippen molar-refractivity contribution < 1.29 is 4.74 Å².